The van der Waals surface area contributed by atoms with Crippen molar-refractivity contribution in [1.82, 2.24) is 10.2 Å². The summed E-state index contributed by atoms with van der Waals surface area (Å²) in [6.07, 6.45) is 0. The van der Waals surface area contributed by atoms with Crippen molar-refractivity contribution < 1.29 is 18.7 Å². The summed E-state index contributed by atoms with van der Waals surface area (Å²) in [4.78, 5) is 25.3. The number of carbonyl (C=O) groups excluding carboxylic acids is 2. The molecule has 5 nitrogen and oxygen atoms in total. The van der Waals surface area contributed by atoms with Gasteiger partial charge in [-0.1, -0.05) is 6.07 Å². The lowest BCUT2D eigenvalue weighted by Gasteiger charge is -2.33. The van der Waals surface area contributed by atoms with Crippen LogP contribution in [0.25, 0.3) is 0 Å². The molecular formula is C13H15FN2O3. The Kier molecular flexibility index (Phi) is 3.69. The maximum Gasteiger partial charge on any atom is 0.261 e. The van der Waals surface area contributed by atoms with Crippen molar-refractivity contribution in [3.05, 3.63) is 29.6 Å². The zero-order chi connectivity index (χ0) is 14.0. The minimum atomic E-state index is -0.650. The van der Waals surface area contributed by atoms with Crippen LogP contribution in [-0.2, 0) is 4.79 Å². The van der Waals surface area contributed by atoms with Crippen LogP contribution in [0.2, 0.25) is 0 Å². The Morgan fingerprint density at radius 3 is 2.95 bits per heavy atom. The summed E-state index contributed by atoms with van der Waals surface area (Å²) in [5.41, 5.74) is -0.133. The Morgan fingerprint density at radius 1 is 1.53 bits per heavy atom. The molecule has 1 fully saturated rings. The summed E-state index contributed by atoms with van der Waals surface area (Å²) in [6.45, 7) is 2.33. The highest BCUT2D eigenvalue weighted by Crippen LogP contribution is 2.24. The Morgan fingerprint density at radius 2 is 2.26 bits per heavy atom. The molecule has 1 saturated heterocycles. The molecule has 1 aromatic rings. The minimum Gasteiger partial charge on any atom is -0.496 e. The zero-order valence-corrected chi connectivity index (χ0v) is 10.8. The number of carbonyl (C=O) groups is 2. The van der Waals surface area contributed by atoms with Crippen LogP contribution in [0.1, 0.15) is 17.3 Å². The van der Waals surface area contributed by atoms with Crippen LogP contribution in [0.3, 0.4) is 0 Å². The van der Waals surface area contributed by atoms with Gasteiger partial charge < -0.3 is 15.0 Å². The number of nitrogens with one attached hydrogen (secondary N) is 1. The van der Waals surface area contributed by atoms with Crippen LogP contribution >= 0.6 is 0 Å². The molecule has 1 heterocycles. The lowest BCUT2D eigenvalue weighted by atomic mass is 10.1. The van der Waals surface area contributed by atoms with Gasteiger partial charge in [-0.15, -0.1) is 0 Å². The molecule has 0 radical (unpaired) electrons. The van der Waals surface area contributed by atoms with Gasteiger partial charge in [-0.25, -0.2) is 4.39 Å². The third kappa shape index (κ3) is 2.38. The van der Waals surface area contributed by atoms with Crippen LogP contribution in [0.15, 0.2) is 18.2 Å². The van der Waals surface area contributed by atoms with Crippen LogP contribution in [0, 0.1) is 5.82 Å². The first-order valence-corrected chi connectivity index (χ1v) is 5.97. The second-order valence-electron chi connectivity index (χ2n) is 4.28. The lowest BCUT2D eigenvalue weighted by Crippen LogP contribution is -2.56. The van der Waals surface area contributed by atoms with E-state index in [9.17, 15) is 14.0 Å². The Hall–Kier alpha value is -2.11. The van der Waals surface area contributed by atoms with E-state index in [0.717, 1.165) is 0 Å². The van der Waals surface area contributed by atoms with Crippen LogP contribution in [-0.4, -0.2) is 43.0 Å². The van der Waals surface area contributed by atoms with E-state index in [1.807, 2.05) is 0 Å². The number of benzene rings is 1. The van der Waals surface area contributed by atoms with Gasteiger partial charge in [0, 0.05) is 13.1 Å². The normalized spacial score (nSPS) is 19.0. The predicted octanol–water partition coefficient (Wildman–Crippen LogP) is 0.795. The van der Waals surface area contributed by atoms with Crippen molar-refractivity contribution in [2.24, 2.45) is 0 Å². The second kappa shape index (κ2) is 5.26. The highest BCUT2D eigenvalue weighted by atomic mass is 19.1. The van der Waals surface area contributed by atoms with Crippen molar-refractivity contribution in [2.75, 3.05) is 20.2 Å². The first-order chi connectivity index (χ1) is 9.06. The van der Waals surface area contributed by atoms with Gasteiger partial charge in [-0.05, 0) is 19.1 Å². The molecule has 1 aliphatic heterocycles. The van der Waals surface area contributed by atoms with Gasteiger partial charge in [0.1, 0.15) is 23.2 Å². The Balaban J connectivity index is 2.36. The zero-order valence-electron chi connectivity index (χ0n) is 10.8. The van der Waals surface area contributed by atoms with E-state index in [2.05, 4.69) is 5.32 Å². The summed E-state index contributed by atoms with van der Waals surface area (Å²) < 4.78 is 18.9. The molecule has 1 atom stereocenters. The average Bonchev–Trinajstić information content (AvgIpc) is 2.40. The third-order valence-corrected chi connectivity index (χ3v) is 3.17. The fraction of sp³-hybridized carbons (Fsp3) is 0.385. The molecule has 19 heavy (non-hydrogen) atoms. The second-order valence-corrected chi connectivity index (χ2v) is 4.28. The third-order valence-electron chi connectivity index (χ3n) is 3.17. The van der Waals surface area contributed by atoms with E-state index in [4.69, 9.17) is 4.74 Å². The number of halogens is 1. The molecule has 1 aliphatic rings. The van der Waals surface area contributed by atoms with Crippen LogP contribution < -0.4 is 10.1 Å². The number of nitrogens with zero attached hydrogens (tertiary/aromatic N) is 1. The predicted molar refractivity (Wildman–Crippen MR) is 66.5 cm³/mol. The number of methoxy groups -OCH3 is 1. The number of hydrogen-bond acceptors (Lipinski definition) is 3. The van der Waals surface area contributed by atoms with E-state index < -0.39 is 17.8 Å². The van der Waals surface area contributed by atoms with Crippen molar-refractivity contribution in [3.8, 4) is 5.75 Å². The molecule has 2 amide bonds. The van der Waals surface area contributed by atoms with E-state index in [0.29, 0.717) is 13.1 Å². The highest BCUT2D eigenvalue weighted by Gasteiger charge is 2.32. The summed E-state index contributed by atoms with van der Waals surface area (Å²) in [7, 11) is 1.37. The molecule has 1 aromatic carbocycles. The minimum absolute atomic E-state index is 0.133. The molecule has 2 rings (SSSR count). The van der Waals surface area contributed by atoms with Crippen molar-refractivity contribution in [3.63, 3.8) is 0 Å². The molecular weight excluding hydrogens is 251 g/mol. The number of ether oxygens (including phenoxy) is 1. The van der Waals surface area contributed by atoms with Crippen molar-refractivity contribution in [1.29, 1.82) is 0 Å². The molecule has 1 N–H and O–H groups in total. The molecule has 0 spiro atoms. The van der Waals surface area contributed by atoms with E-state index in [1.165, 1.54) is 30.2 Å². The van der Waals surface area contributed by atoms with Gasteiger partial charge in [-0.3, -0.25) is 9.59 Å². The summed E-state index contributed by atoms with van der Waals surface area (Å²) >= 11 is 0. The van der Waals surface area contributed by atoms with E-state index in [-0.39, 0.29) is 17.2 Å². The standard InChI is InChI=1S/C13H15FN2O3/c1-8-12(17)15-6-7-16(8)13(18)11-9(14)4-3-5-10(11)19-2/h3-5,8H,6-7H2,1-2H3,(H,15,17). The molecule has 0 bridgehead atoms. The maximum absolute atomic E-state index is 13.8. The van der Waals surface area contributed by atoms with Gasteiger partial charge in [0.2, 0.25) is 5.91 Å². The van der Waals surface area contributed by atoms with Gasteiger partial charge in [0.15, 0.2) is 0 Å². The quantitative estimate of drug-likeness (QED) is 0.861. The molecule has 6 heteroatoms. The topological polar surface area (TPSA) is 58.6 Å². The Labute approximate surface area is 110 Å². The first kappa shape index (κ1) is 13.3. The molecule has 0 aliphatic carbocycles. The maximum atomic E-state index is 13.8. The van der Waals surface area contributed by atoms with Gasteiger partial charge in [-0.2, -0.15) is 0 Å². The number of hydrogen-bond donors (Lipinski definition) is 1. The Bertz CT molecular complexity index is 519. The summed E-state index contributed by atoms with van der Waals surface area (Å²) in [6, 6.07) is 3.57. The van der Waals surface area contributed by atoms with E-state index >= 15 is 0 Å². The van der Waals surface area contributed by atoms with Crippen LogP contribution in [0.5, 0.6) is 5.75 Å². The lowest BCUT2D eigenvalue weighted by molar-refractivity contribution is -0.127. The van der Waals surface area contributed by atoms with E-state index in [1.54, 1.807) is 6.92 Å². The van der Waals surface area contributed by atoms with Crippen molar-refractivity contribution in [2.45, 2.75) is 13.0 Å². The summed E-state index contributed by atoms with van der Waals surface area (Å²) in [5, 5.41) is 2.65. The number of rotatable bonds is 2. The molecule has 102 valence electrons. The fourth-order valence-corrected chi connectivity index (χ4v) is 2.09. The van der Waals surface area contributed by atoms with Gasteiger partial charge in [0.05, 0.1) is 7.11 Å². The van der Waals surface area contributed by atoms with Crippen molar-refractivity contribution >= 4 is 11.8 Å². The average molecular weight is 266 g/mol. The molecule has 0 aromatic heterocycles. The SMILES string of the molecule is COc1cccc(F)c1C(=O)N1CCNC(=O)C1C. The largest absolute Gasteiger partial charge is 0.496 e. The molecule has 0 saturated carbocycles. The van der Waals surface area contributed by atoms with Crippen LogP contribution in [0.4, 0.5) is 4.39 Å². The first-order valence-electron chi connectivity index (χ1n) is 5.97. The smallest absolute Gasteiger partial charge is 0.261 e. The van der Waals surface area contributed by atoms with Gasteiger partial charge in [0.25, 0.3) is 5.91 Å². The number of amides is 2. The monoisotopic (exact) mass is 266 g/mol. The summed E-state index contributed by atoms with van der Waals surface area (Å²) in [5.74, 6) is -1.25. The number of piperazine rings is 1. The van der Waals surface area contributed by atoms with Gasteiger partial charge >= 0.3 is 0 Å². The fourth-order valence-electron chi connectivity index (χ4n) is 2.09. The highest BCUT2D eigenvalue weighted by molar-refractivity contribution is 6.00. The molecule has 1 unspecified atom stereocenters.